The summed E-state index contributed by atoms with van der Waals surface area (Å²) in [4.78, 5) is 14.2. The van der Waals surface area contributed by atoms with Crippen molar-refractivity contribution < 1.29 is 9.00 Å². The van der Waals surface area contributed by atoms with Crippen LogP contribution in [0.1, 0.15) is 17.9 Å². The molecule has 1 amide bonds. The zero-order valence-electron chi connectivity index (χ0n) is 10.9. The average molecular weight is 332 g/mol. The molecule has 1 aromatic carbocycles. The van der Waals surface area contributed by atoms with Gasteiger partial charge < -0.3 is 4.90 Å². The average Bonchev–Trinajstić information content (AvgIpc) is 3.18. The van der Waals surface area contributed by atoms with Crippen LogP contribution in [0, 0.1) is 5.92 Å². The Balaban J connectivity index is 1.66. The van der Waals surface area contributed by atoms with E-state index in [1.807, 2.05) is 17.0 Å². The fraction of sp³-hybridized carbons (Fsp3) is 0.500. The van der Waals surface area contributed by atoms with Crippen LogP contribution in [0.4, 0.5) is 0 Å². The maximum atomic E-state index is 12.4. The van der Waals surface area contributed by atoms with Gasteiger partial charge in [-0.1, -0.05) is 23.2 Å². The Morgan fingerprint density at radius 1 is 1.15 bits per heavy atom. The lowest BCUT2D eigenvalue weighted by Gasteiger charge is -2.26. The standard InChI is InChI=1S/C14H15Cl2NO2S/c15-10-5-9(6-11(16)7-10)12-8-13(12)14(18)17-1-3-20(19)4-2-17/h5-7,12-13H,1-4,8H2. The second-order valence-electron chi connectivity index (χ2n) is 5.32. The molecule has 1 aromatic rings. The summed E-state index contributed by atoms with van der Waals surface area (Å²) in [6.45, 7) is 1.23. The van der Waals surface area contributed by atoms with Gasteiger partial charge in [-0.05, 0) is 36.1 Å². The molecule has 0 radical (unpaired) electrons. The van der Waals surface area contributed by atoms with Crippen molar-refractivity contribution in [2.45, 2.75) is 12.3 Å². The summed E-state index contributed by atoms with van der Waals surface area (Å²) in [5, 5.41) is 1.22. The molecule has 20 heavy (non-hydrogen) atoms. The first-order valence-electron chi connectivity index (χ1n) is 6.64. The minimum atomic E-state index is -0.750. The van der Waals surface area contributed by atoms with E-state index in [4.69, 9.17) is 23.2 Å². The fourth-order valence-electron chi connectivity index (χ4n) is 2.72. The lowest BCUT2D eigenvalue weighted by molar-refractivity contribution is -0.132. The third-order valence-corrected chi connectivity index (χ3v) is 5.62. The van der Waals surface area contributed by atoms with Crippen LogP contribution >= 0.6 is 23.2 Å². The van der Waals surface area contributed by atoms with Crippen molar-refractivity contribution in [2.24, 2.45) is 5.92 Å². The van der Waals surface area contributed by atoms with Gasteiger partial charge in [-0.25, -0.2) is 0 Å². The predicted octanol–water partition coefficient (Wildman–Crippen LogP) is 2.69. The smallest absolute Gasteiger partial charge is 0.226 e. The Morgan fingerprint density at radius 2 is 1.75 bits per heavy atom. The molecular formula is C14H15Cl2NO2S. The lowest BCUT2D eigenvalue weighted by atomic mass is 10.1. The van der Waals surface area contributed by atoms with Crippen molar-refractivity contribution >= 4 is 39.9 Å². The third-order valence-electron chi connectivity index (χ3n) is 3.91. The summed E-state index contributed by atoms with van der Waals surface area (Å²) in [5.41, 5.74) is 1.04. The van der Waals surface area contributed by atoms with Crippen molar-refractivity contribution in [3.8, 4) is 0 Å². The molecule has 0 bridgehead atoms. The number of hydrogen-bond donors (Lipinski definition) is 0. The highest BCUT2D eigenvalue weighted by Crippen LogP contribution is 2.49. The fourth-order valence-corrected chi connectivity index (χ4v) is 4.31. The molecule has 6 heteroatoms. The number of halogens is 2. The maximum Gasteiger partial charge on any atom is 0.226 e. The van der Waals surface area contributed by atoms with E-state index in [0.717, 1.165) is 12.0 Å². The van der Waals surface area contributed by atoms with Crippen molar-refractivity contribution in [1.82, 2.24) is 4.90 Å². The normalized spacial score (nSPS) is 26.6. The van der Waals surface area contributed by atoms with Crippen molar-refractivity contribution in [1.29, 1.82) is 0 Å². The Labute approximate surface area is 130 Å². The maximum absolute atomic E-state index is 12.4. The third kappa shape index (κ3) is 3.02. The molecule has 1 aliphatic carbocycles. The van der Waals surface area contributed by atoms with Crippen LogP contribution in [0.2, 0.25) is 10.0 Å². The van der Waals surface area contributed by atoms with E-state index in [2.05, 4.69) is 0 Å². The van der Waals surface area contributed by atoms with Gasteiger partial charge in [-0.2, -0.15) is 0 Å². The Kier molecular flexibility index (Phi) is 4.07. The predicted molar refractivity (Wildman–Crippen MR) is 81.8 cm³/mol. The molecule has 2 aliphatic rings. The Morgan fingerprint density at radius 3 is 2.35 bits per heavy atom. The SMILES string of the molecule is O=C(C1CC1c1cc(Cl)cc(Cl)c1)N1CCS(=O)CC1. The quantitative estimate of drug-likeness (QED) is 0.835. The highest BCUT2D eigenvalue weighted by molar-refractivity contribution is 7.85. The molecule has 1 aliphatic heterocycles. The molecule has 1 saturated carbocycles. The summed E-state index contributed by atoms with van der Waals surface area (Å²) >= 11 is 12.0. The zero-order chi connectivity index (χ0) is 14.3. The van der Waals surface area contributed by atoms with Crippen molar-refractivity contribution in [3.63, 3.8) is 0 Å². The van der Waals surface area contributed by atoms with Gasteiger partial charge in [0.25, 0.3) is 0 Å². The molecule has 2 unspecified atom stereocenters. The van der Waals surface area contributed by atoms with Crippen molar-refractivity contribution in [3.05, 3.63) is 33.8 Å². The molecule has 108 valence electrons. The number of amides is 1. The molecule has 2 atom stereocenters. The van der Waals surface area contributed by atoms with Gasteiger partial charge >= 0.3 is 0 Å². The molecule has 3 rings (SSSR count). The highest BCUT2D eigenvalue weighted by Gasteiger charge is 2.46. The van der Waals surface area contributed by atoms with E-state index in [-0.39, 0.29) is 17.7 Å². The number of rotatable bonds is 2. The molecule has 0 N–H and O–H groups in total. The van der Waals surface area contributed by atoms with E-state index < -0.39 is 10.8 Å². The summed E-state index contributed by atoms with van der Waals surface area (Å²) in [5.74, 6) is 1.66. The number of hydrogen-bond acceptors (Lipinski definition) is 2. The summed E-state index contributed by atoms with van der Waals surface area (Å²) in [6, 6.07) is 5.47. The first-order valence-corrected chi connectivity index (χ1v) is 8.89. The van der Waals surface area contributed by atoms with Gasteiger partial charge in [0.15, 0.2) is 0 Å². The van der Waals surface area contributed by atoms with Crippen molar-refractivity contribution in [2.75, 3.05) is 24.6 Å². The van der Waals surface area contributed by atoms with Gasteiger partial charge in [-0.15, -0.1) is 0 Å². The van der Waals surface area contributed by atoms with Gasteiger partial charge in [0.1, 0.15) is 0 Å². The van der Waals surface area contributed by atoms with Crippen LogP contribution < -0.4 is 0 Å². The zero-order valence-corrected chi connectivity index (χ0v) is 13.2. The number of nitrogens with zero attached hydrogens (tertiary/aromatic N) is 1. The van der Waals surface area contributed by atoms with Gasteiger partial charge in [-0.3, -0.25) is 9.00 Å². The number of carbonyl (C=O) groups is 1. The van der Waals surface area contributed by atoms with Crippen LogP contribution in [0.25, 0.3) is 0 Å². The van der Waals surface area contributed by atoms with E-state index in [0.29, 0.717) is 34.6 Å². The van der Waals surface area contributed by atoms with E-state index in [1.54, 1.807) is 6.07 Å². The minimum absolute atomic E-state index is 0.0380. The monoisotopic (exact) mass is 331 g/mol. The molecule has 1 saturated heterocycles. The van der Waals surface area contributed by atoms with Crippen LogP contribution in [0.15, 0.2) is 18.2 Å². The topological polar surface area (TPSA) is 37.4 Å². The number of carbonyl (C=O) groups excluding carboxylic acids is 1. The molecule has 0 aromatic heterocycles. The first-order chi connectivity index (χ1) is 9.54. The first kappa shape index (κ1) is 14.4. The van der Waals surface area contributed by atoms with Gasteiger partial charge in [0.2, 0.25) is 5.91 Å². The van der Waals surface area contributed by atoms with Gasteiger partial charge in [0.05, 0.1) is 0 Å². The van der Waals surface area contributed by atoms with Crippen LogP contribution in [0.3, 0.4) is 0 Å². The molecule has 3 nitrogen and oxygen atoms in total. The summed E-state index contributed by atoms with van der Waals surface area (Å²) < 4.78 is 11.3. The molecule has 0 spiro atoms. The second kappa shape index (κ2) is 5.66. The lowest BCUT2D eigenvalue weighted by Crippen LogP contribution is -2.42. The number of benzene rings is 1. The second-order valence-corrected chi connectivity index (χ2v) is 7.89. The molecule has 2 fully saturated rings. The van der Waals surface area contributed by atoms with Gasteiger partial charge in [0, 0.05) is 51.4 Å². The minimum Gasteiger partial charge on any atom is -0.341 e. The Bertz CT molecular complexity index is 548. The largest absolute Gasteiger partial charge is 0.341 e. The van der Waals surface area contributed by atoms with E-state index in [9.17, 15) is 9.00 Å². The van der Waals surface area contributed by atoms with E-state index in [1.165, 1.54) is 0 Å². The summed E-state index contributed by atoms with van der Waals surface area (Å²) in [7, 11) is -0.750. The van der Waals surface area contributed by atoms with E-state index >= 15 is 0 Å². The Hall–Kier alpha value is -0.580. The molecular weight excluding hydrogens is 317 g/mol. The summed E-state index contributed by atoms with van der Waals surface area (Å²) in [6.07, 6.45) is 0.856. The van der Waals surface area contributed by atoms with Crippen LogP contribution in [0.5, 0.6) is 0 Å². The molecule has 1 heterocycles. The van der Waals surface area contributed by atoms with Crippen LogP contribution in [-0.4, -0.2) is 39.6 Å². The van der Waals surface area contributed by atoms with Crippen LogP contribution in [-0.2, 0) is 15.6 Å². The highest BCUT2D eigenvalue weighted by atomic mass is 35.5.